The molecular weight excluding hydrogens is 484 g/mol. The number of carboxylic acid groups (broad SMARTS) is 1. The molecule has 206 valence electrons. The second-order valence-electron chi connectivity index (χ2n) is 12.4. The molecule has 3 aromatic rings. The van der Waals surface area contributed by atoms with Gasteiger partial charge >= 0.3 is 5.97 Å². The summed E-state index contributed by atoms with van der Waals surface area (Å²) in [5.74, 6) is -0.997. The molecule has 5 heteroatoms. The maximum atomic E-state index is 12.6. The van der Waals surface area contributed by atoms with Gasteiger partial charge in [0.1, 0.15) is 0 Å². The molecule has 1 aliphatic rings. The van der Waals surface area contributed by atoms with Crippen LogP contribution in [-0.2, 0) is 9.53 Å². The largest absolute Gasteiger partial charge is 0.479 e. The highest BCUT2D eigenvalue weighted by atomic mass is 16.5. The average molecular weight is 527 g/mol. The number of ether oxygens (including phenoxy) is 1. The predicted molar refractivity (Wildman–Crippen MR) is 161 cm³/mol. The molecule has 0 spiro atoms. The topological polar surface area (TPSA) is 62.7 Å². The van der Waals surface area contributed by atoms with E-state index in [9.17, 15) is 9.90 Å². The lowest BCUT2D eigenvalue weighted by Gasteiger charge is -2.41. The van der Waals surface area contributed by atoms with E-state index in [0.717, 1.165) is 48.4 Å². The summed E-state index contributed by atoms with van der Waals surface area (Å²) in [7, 11) is 0. The molecule has 1 aliphatic heterocycles. The van der Waals surface area contributed by atoms with Crippen LogP contribution in [0.4, 0.5) is 5.69 Å². The zero-order chi connectivity index (χ0) is 28.4. The molecule has 2 heterocycles. The SMILES string of the molecule is Cc1nc(C)c([C@H](OC(C)(C)C)C(=O)O)c(N2CCC(C)(C)CC2)c1C=Cc1ccc(-c2ccccc2)cc1. The fourth-order valence-corrected chi connectivity index (χ4v) is 5.23. The van der Waals surface area contributed by atoms with Crippen LogP contribution in [0, 0.1) is 19.3 Å². The van der Waals surface area contributed by atoms with Crippen LogP contribution >= 0.6 is 0 Å². The number of benzene rings is 2. The van der Waals surface area contributed by atoms with E-state index >= 15 is 0 Å². The van der Waals surface area contributed by atoms with E-state index in [1.807, 2.05) is 52.8 Å². The molecular formula is C34H42N2O3. The first-order chi connectivity index (χ1) is 18.3. The average Bonchev–Trinajstić information content (AvgIpc) is 2.87. The third-order valence-electron chi connectivity index (χ3n) is 7.48. The molecule has 1 fully saturated rings. The molecule has 0 saturated carbocycles. The van der Waals surface area contributed by atoms with Gasteiger partial charge in [0.05, 0.1) is 11.3 Å². The van der Waals surface area contributed by atoms with E-state index in [1.165, 1.54) is 11.1 Å². The van der Waals surface area contributed by atoms with Gasteiger partial charge in [0.25, 0.3) is 0 Å². The van der Waals surface area contributed by atoms with Gasteiger partial charge in [-0.3, -0.25) is 4.98 Å². The molecule has 0 bridgehead atoms. The zero-order valence-corrected chi connectivity index (χ0v) is 24.4. The van der Waals surface area contributed by atoms with E-state index < -0.39 is 17.7 Å². The van der Waals surface area contributed by atoms with Gasteiger partial charge < -0.3 is 14.7 Å². The number of hydrogen-bond acceptors (Lipinski definition) is 4. The van der Waals surface area contributed by atoms with E-state index in [4.69, 9.17) is 9.72 Å². The summed E-state index contributed by atoms with van der Waals surface area (Å²) >= 11 is 0. The van der Waals surface area contributed by atoms with Crippen LogP contribution in [0.2, 0.25) is 0 Å². The van der Waals surface area contributed by atoms with Gasteiger partial charge in [0, 0.05) is 35.6 Å². The van der Waals surface area contributed by atoms with Crippen molar-refractivity contribution in [1.82, 2.24) is 4.98 Å². The van der Waals surface area contributed by atoms with Crippen molar-refractivity contribution in [2.75, 3.05) is 18.0 Å². The number of carbonyl (C=O) groups is 1. The number of nitrogens with zero attached hydrogens (tertiary/aromatic N) is 2. The van der Waals surface area contributed by atoms with Gasteiger partial charge in [-0.05, 0) is 69.6 Å². The van der Waals surface area contributed by atoms with Crippen LogP contribution in [0.15, 0.2) is 54.6 Å². The smallest absolute Gasteiger partial charge is 0.337 e. The van der Waals surface area contributed by atoms with Crippen molar-refractivity contribution in [3.05, 3.63) is 82.7 Å². The van der Waals surface area contributed by atoms with Gasteiger partial charge in [-0.15, -0.1) is 0 Å². The Balaban J connectivity index is 1.80. The molecule has 4 rings (SSSR count). The number of aryl methyl sites for hydroxylation is 2. The maximum Gasteiger partial charge on any atom is 0.337 e. The number of pyridine rings is 1. The van der Waals surface area contributed by atoms with Crippen molar-refractivity contribution < 1.29 is 14.6 Å². The molecule has 1 aromatic heterocycles. The summed E-state index contributed by atoms with van der Waals surface area (Å²) in [5.41, 5.74) is 7.19. The number of rotatable bonds is 7. The van der Waals surface area contributed by atoms with E-state index in [1.54, 1.807) is 0 Å². The van der Waals surface area contributed by atoms with E-state index in [-0.39, 0.29) is 5.41 Å². The summed E-state index contributed by atoms with van der Waals surface area (Å²) in [6, 6.07) is 18.8. The van der Waals surface area contributed by atoms with Gasteiger partial charge in [-0.2, -0.15) is 0 Å². The fraction of sp³-hybridized carbons (Fsp3) is 0.412. The number of aromatic nitrogens is 1. The Bertz CT molecular complexity index is 1330. The third kappa shape index (κ3) is 6.96. The highest BCUT2D eigenvalue weighted by Crippen LogP contribution is 2.41. The first kappa shape index (κ1) is 28.6. The Morgan fingerprint density at radius 1 is 0.949 bits per heavy atom. The van der Waals surface area contributed by atoms with Crippen molar-refractivity contribution in [1.29, 1.82) is 0 Å². The minimum atomic E-state index is -1.11. The minimum Gasteiger partial charge on any atom is -0.479 e. The molecule has 1 N–H and O–H groups in total. The number of anilines is 1. The van der Waals surface area contributed by atoms with Gasteiger partial charge in [0.2, 0.25) is 0 Å². The van der Waals surface area contributed by atoms with Crippen molar-refractivity contribution in [2.24, 2.45) is 5.41 Å². The molecule has 0 amide bonds. The molecule has 5 nitrogen and oxygen atoms in total. The highest BCUT2D eigenvalue weighted by molar-refractivity contribution is 5.85. The number of piperidine rings is 1. The van der Waals surface area contributed by atoms with Crippen molar-refractivity contribution in [3.63, 3.8) is 0 Å². The van der Waals surface area contributed by atoms with Crippen LogP contribution in [0.3, 0.4) is 0 Å². The van der Waals surface area contributed by atoms with Gasteiger partial charge in [0.15, 0.2) is 6.10 Å². The normalized spacial score (nSPS) is 16.4. The first-order valence-corrected chi connectivity index (χ1v) is 13.8. The summed E-state index contributed by atoms with van der Waals surface area (Å²) in [4.78, 5) is 19.8. The Hall–Kier alpha value is -3.44. The molecule has 0 aliphatic carbocycles. The van der Waals surface area contributed by atoms with Crippen molar-refractivity contribution in [3.8, 4) is 11.1 Å². The van der Waals surface area contributed by atoms with Gasteiger partial charge in [-0.1, -0.05) is 80.6 Å². The molecule has 2 aromatic carbocycles. The highest BCUT2D eigenvalue weighted by Gasteiger charge is 2.35. The number of carboxylic acids is 1. The number of aliphatic carboxylic acids is 1. The summed E-state index contributed by atoms with van der Waals surface area (Å²) in [6.07, 6.45) is 5.15. The minimum absolute atomic E-state index is 0.262. The predicted octanol–water partition coefficient (Wildman–Crippen LogP) is 8.10. The lowest BCUT2D eigenvalue weighted by Crippen LogP contribution is -2.39. The van der Waals surface area contributed by atoms with Crippen LogP contribution in [-0.4, -0.2) is 34.8 Å². The molecule has 39 heavy (non-hydrogen) atoms. The first-order valence-electron chi connectivity index (χ1n) is 13.8. The fourth-order valence-electron chi connectivity index (χ4n) is 5.23. The Kier molecular flexibility index (Phi) is 8.31. The maximum absolute atomic E-state index is 12.6. The summed E-state index contributed by atoms with van der Waals surface area (Å²) in [5, 5.41) is 10.3. The van der Waals surface area contributed by atoms with Gasteiger partial charge in [-0.25, -0.2) is 4.79 Å². The van der Waals surface area contributed by atoms with Crippen molar-refractivity contribution in [2.45, 2.75) is 73.0 Å². The zero-order valence-electron chi connectivity index (χ0n) is 24.4. The Labute approximate surface area is 233 Å². The molecule has 0 radical (unpaired) electrons. The summed E-state index contributed by atoms with van der Waals surface area (Å²) < 4.78 is 6.16. The third-order valence-corrected chi connectivity index (χ3v) is 7.48. The Morgan fingerprint density at radius 2 is 1.54 bits per heavy atom. The monoisotopic (exact) mass is 526 g/mol. The lowest BCUT2D eigenvalue weighted by atomic mass is 9.82. The standard InChI is InChI=1S/C34H42N2O3/c1-23-28(18-15-25-13-16-27(17-14-25)26-11-9-8-10-12-26)30(36-21-19-34(6,7)20-22-36)29(24(2)35-23)31(32(37)38)39-33(3,4)5/h8-18,31H,19-22H2,1-7H3,(H,37,38)/t31-/m0/s1. The van der Waals surface area contributed by atoms with Crippen LogP contribution in [0.1, 0.15) is 81.6 Å². The molecule has 1 atom stereocenters. The summed E-state index contributed by atoms with van der Waals surface area (Å²) in [6.45, 7) is 15.9. The second-order valence-corrected chi connectivity index (χ2v) is 12.4. The van der Waals surface area contributed by atoms with Crippen LogP contribution in [0.25, 0.3) is 23.3 Å². The lowest BCUT2D eigenvalue weighted by molar-refractivity contribution is -0.160. The van der Waals surface area contributed by atoms with Crippen LogP contribution < -0.4 is 4.90 Å². The quantitative estimate of drug-likeness (QED) is 0.337. The number of hydrogen-bond donors (Lipinski definition) is 1. The van der Waals surface area contributed by atoms with E-state index in [2.05, 4.69) is 67.3 Å². The van der Waals surface area contributed by atoms with Crippen molar-refractivity contribution >= 4 is 23.8 Å². The van der Waals surface area contributed by atoms with E-state index in [0.29, 0.717) is 11.3 Å². The van der Waals surface area contributed by atoms with Crippen LogP contribution in [0.5, 0.6) is 0 Å². The molecule has 1 saturated heterocycles. The molecule has 0 unspecified atom stereocenters. The Morgan fingerprint density at radius 3 is 2.10 bits per heavy atom. The second kappa shape index (κ2) is 11.4.